The van der Waals surface area contributed by atoms with Gasteiger partial charge in [-0.05, 0) is 47.9 Å². The third-order valence-corrected chi connectivity index (χ3v) is 3.36. The van der Waals surface area contributed by atoms with Crippen molar-refractivity contribution in [3.05, 3.63) is 69.2 Å². The van der Waals surface area contributed by atoms with Crippen molar-refractivity contribution in [2.45, 2.75) is 13.0 Å². The number of benzene rings is 2. The molecule has 2 rings (SSSR count). The van der Waals surface area contributed by atoms with Crippen LogP contribution < -0.4 is 11.3 Å². The Morgan fingerprint density at radius 2 is 1.78 bits per heavy atom. The molecule has 0 heterocycles. The van der Waals surface area contributed by atoms with E-state index in [1.54, 1.807) is 0 Å². The van der Waals surface area contributed by atoms with E-state index >= 15 is 0 Å². The van der Waals surface area contributed by atoms with Crippen LogP contribution in [0.5, 0.6) is 0 Å². The van der Waals surface area contributed by atoms with Crippen LogP contribution in [0.25, 0.3) is 0 Å². The molecule has 0 fully saturated rings. The largest absolute Gasteiger partial charge is 0.271 e. The average Bonchev–Trinajstić information content (AvgIpc) is 2.33. The lowest BCUT2D eigenvalue weighted by Crippen LogP contribution is -2.29. The van der Waals surface area contributed by atoms with Gasteiger partial charge in [-0.2, -0.15) is 0 Å². The minimum Gasteiger partial charge on any atom is -0.271 e. The van der Waals surface area contributed by atoms with Gasteiger partial charge in [0.1, 0.15) is 0 Å². The minimum absolute atomic E-state index is 0.0963. The number of rotatable bonds is 3. The molecular formula is C14H14Cl2N2. The van der Waals surface area contributed by atoms with Crippen LogP contribution in [0.15, 0.2) is 42.5 Å². The Morgan fingerprint density at radius 3 is 2.39 bits per heavy atom. The number of nitrogens with one attached hydrogen (secondary N) is 1. The number of hydrogen-bond donors (Lipinski definition) is 2. The molecule has 0 amide bonds. The van der Waals surface area contributed by atoms with E-state index in [0.717, 1.165) is 21.7 Å². The van der Waals surface area contributed by atoms with Gasteiger partial charge in [0.25, 0.3) is 0 Å². The van der Waals surface area contributed by atoms with E-state index in [-0.39, 0.29) is 6.04 Å². The maximum atomic E-state index is 6.01. The fraction of sp³-hybridized carbons (Fsp3) is 0.143. The molecule has 0 radical (unpaired) electrons. The molecule has 0 aliphatic rings. The van der Waals surface area contributed by atoms with Crippen LogP contribution in [0.1, 0.15) is 22.7 Å². The van der Waals surface area contributed by atoms with Gasteiger partial charge in [-0.3, -0.25) is 5.84 Å². The number of hydrazine groups is 1. The van der Waals surface area contributed by atoms with Crippen molar-refractivity contribution in [1.29, 1.82) is 0 Å². The van der Waals surface area contributed by atoms with Gasteiger partial charge in [0.05, 0.1) is 6.04 Å². The lowest BCUT2D eigenvalue weighted by atomic mass is 9.95. The highest BCUT2D eigenvalue weighted by Crippen LogP contribution is 2.27. The maximum Gasteiger partial charge on any atom is 0.0713 e. The van der Waals surface area contributed by atoms with Crippen LogP contribution in [0.3, 0.4) is 0 Å². The van der Waals surface area contributed by atoms with E-state index in [0.29, 0.717) is 5.02 Å². The zero-order valence-corrected chi connectivity index (χ0v) is 11.5. The predicted octanol–water partition coefficient (Wildman–Crippen LogP) is 3.85. The maximum absolute atomic E-state index is 6.01. The Hall–Kier alpha value is -1.06. The van der Waals surface area contributed by atoms with Gasteiger partial charge in [0.2, 0.25) is 0 Å². The second-order valence-electron chi connectivity index (χ2n) is 4.16. The summed E-state index contributed by atoms with van der Waals surface area (Å²) in [6.07, 6.45) is 0. The average molecular weight is 281 g/mol. The van der Waals surface area contributed by atoms with Crippen molar-refractivity contribution in [2.24, 2.45) is 5.84 Å². The van der Waals surface area contributed by atoms with Gasteiger partial charge < -0.3 is 0 Å². The highest BCUT2D eigenvalue weighted by Gasteiger charge is 2.14. The third kappa shape index (κ3) is 2.85. The standard InChI is InChI=1S/C14H14Cl2N2/c1-9-7-12(16)5-6-13(9)14(18-17)10-3-2-4-11(15)8-10/h2-8,14,18H,17H2,1H3. The van der Waals surface area contributed by atoms with Gasteiger partial charge in [0.15, 0.2) is 0 Å². The smallest absolute Gasteiger partial charge is 0.0713 e. The van der Waals surface area contributed by atoms with Gasteiger partial charge in [-0.15, -0.1) is 0 Å². The van der Waals surface area contributed by atoms with Crippen molar-refractivity contribution in [3.8, 4) is 0 Å². The first-order valence-electron chi connectivity index (χ1n) is 5.59. The van der Waals surface area contributed by atoms with E-state index in [4.69, 9.17) is 29.0 Å². The molecule has 3 N–H and O–H groups in total. The number of hydrogen-bond acceptors (Lipinski definition) is 2. The van der Waals surface area contributed by atoms with Crippen molar-refractivity contribution < 1.29 is 0 Å². The molecule has 2 aromatic carbocycles. The molecular weight excluding hydrogens is 267 g/mol. The fourth-order valence-electron chi connectivity index (χ4n) is 2.01. The number of aryl methyl sites for hydroxylation is 1. The van der Waals surface area contributed by atoms with E-state index in [9.17, 15) is 0 Å². The van der Waals surface area contributed by atoms with E-state index in [2.05, 4.69) is 5.43 Å². The van der Waals surface area contributed by atoms with Crippen LogP contribution in [-0.2, 0) is 0 Å². The summed E-state index contributed by atoms with van der Waals surface area (Å²) in [5.41, 5.74) is 6.02. The highest BCUT2D eigenvalue weighted by atomic mass is 35.5. The first kappa shape index (κ1) is 13.4. The Morgan fingerprint density at radius 1 is 1.06 bits per heavy atom. The Labute approximate surface area is 117 Å². The molecule has 0 aliphatic heterocycles. The van der Waals surface area contributed by atoms with Gasteiger partial charge in [0, 0.05) is 10.0 Å². The van der Waals surface area contributed by atoms with Gasteiger partial charge in [-0.25, -0.2) is 5.43 Å². The van der Waals surface area contributed by atoms with Crippen LogP contribution in [0, 0.1) is 6.92 Å². The van der Waals surface area contributed by atoms with Gasteiger partial charge in [-0.1, -0.05) is 41.4 Å². The molecule has 0 aliphatic carbocycles. The Balaban J connectivity index is 2.45. The molecule has 0 bridgehead atoms. The zero-order valence-electron chi connectivity index (χ0n) is 9.95. The summed E-state index contributed by atoms with van der Waals surface area (Å²) < 4.78 is 0. The summed E-state index contributed by atoms with van der Waals surface area (Å²) in [4.78, 5) is 0. The van der Waals surface area contributed by atoms with E-state index in [1.807, 2.05) is 49.4 Å². The van der Waals surface area contributed by atoms with Gasteiger partial charge >= 0.3 is 0 Å². The van der Waals surface area contributed by atoms with Crippen molar-refractivity contribution >= 4 is 23.2 Å². The Kier molecular flexibility index (Phi) is 4.25. The zero-order chi connectivity index (χ0) is 13.1. The number of halogens is 2. The molecule has 0 spiro atoms. The molecule has 0 saturated heterocycles. The summed E-state index contributed by atoms with van der Waals surface area (Å²) in [5, 5.41) is 1.41. The predicted molar refractivity (Wildman–Crippen MR) is 76.8 cm³/mol. The monoisotopic (exact) mass is 280 g/mol. The lowest BCUT2D eigenvalue weighted by Gasteiger charge is -2.19. The molecule has 2 aromatic rings. The first-order valence-corrected chi connectivity index (χ1v) is 6.35. The van der Waals surface area contributed by atoms with Crippen molar-refractivity contribution in [2.75, 3.05) is 0 Å². The molecule has 1 atom stereocenters. The molecule has 18 heavy (non-hydrogen) atoms. The number of nitrogens with two attached hydrogens (primary N) is 1. The third-order valence-electron chi connectivity index (χ3n) is 2.89. The molecule has 0 aromatic heterocycles. The molecule has 0 saturated carbocycles. The highest BCUT2D eigenvalue weighted by molar-refractivity contribution is 6.31. The van der Waals surface area contributed by atoms with Crippen LogP contribution in [0.4, 0.5) is 0 Å². The molecule has 2 nitrogen and oxygen atoms in total. The quantitative estimate of drug-likeness (QED) is 0.662. The Bertz CT molecular complexity index is 555. The summed E-state index contributed by atoms with van der Waals surface area (Å²) in [6, 6.07) is 13.3. The van der Waals surface area contributed by atoms with Crippen molar-refractivity contribution in [3.63, 3.8) is 0 Å². The molecule has 4 heteroatoms. The van der Waals surface area contributed by atoms with E-state index in [1.165, 1.54) is 0 Å². The fourth-order valence-corrected chi connectivity index (χ4v) is 2.44. The minimum atomic E-state index is -0.0963. The molecule has 94 valence electrons. The first-order chi connectivity index (χ1) is 8.61. The second kappa shape index (κ2) is 5.72. The topological polar surface area (TPSA) is 38.0 Å². The SMILES string of the molecule is Cc1cc(Cl)ccc1C(NN)c1cccc(Cl)c1. The normalized spacial score (nSPS) is 12.4. The summed E-state index contributed by atoms with van der Waals surface area (Å²) in [5.74, 6) is 5.67. The summed E-state index contributed by atoms with van der Waals surface area (Å²) in [6.45, 7) is 2.01. The lowest BCUT2D eigenvalue weighted by molar-refractivity contribution is 0.634. The van der Waals surface area contributed by atoms with Crippen LogP contribution in [0.2, 0.25) is 10.0 Å². The second-order valence-corrected chi connectivity index (χ2v) is 5.03. The van der Waals surface area contributed by atoms with Crippen LogP contribution >= 0.6 is 23.2 Å². The summed E-state index contributed by atoms with van der Waals surface area (Å²) in [7, 11) is 0. The molecule has 1 unspecified atom stereocenters. The summed E-state index contributed by atoms with van der Waals surface area (Å²) >= 11 is 12.0. The van der Waals surface area contributed by atoms with Crippen LogP contribution in [-0.4, -0.2) is 0 Å². The van der Waals surface area contributed by atoms with Crippen molar-refractivity contribution in [1.82, 2.24) is 5.43 Å². The van der Waals surface area contributed by atoms with E-state index < -0.39 is 0 Å².